The van der Waals surface area contributed by atoms with Gasteiger partial charge in [-0.1, -0.05) is 50.1 Å². The van der Waals surface area contributed by atoms with E-state index in [1.54, 1.807) is 0 Å². The predicted octanol–water partition coefficient (Wildman–Crippen LogP) is 1.32. The lowest BCUT2D eigenvalue weighted by Gasteiger charge is -2.29. The SMILES string of the molecule is CCN(CC[C@](N)(CCCCB(O)O)C(=O)O)Cc1ccccc1. The summed E-state index contributed by atoms with van der Waals surface area (Å²) in [6.45, 7) is 4.24. The lowest BCUT2D eigenvalue weighted by atomic mass is 9.81. The van der Waals surface area contributed by atoms with Gasteiger partial charge in [0, 0.05) is 13.1 Å². The van der Waals surface area contributed by atoms with Gasteiger partial charge in [-0.25, -0.2) is 0 Å². The number of carbonyl (C=O) groups is 1. The van der Waals surface area contributed by atoms with E-state index < -0.39 is 18.6 Å². The number of unbranched alkanes of at least 4 members (excludes halogenated alkanes) is 1. The fourth-order valence-corrected chi connectivity index (χ4v) is 2.65. The minimum Gasteiger partial charge on any atom is -0.480 e. The highest BCUT2D eigenvalue weighted by Crippen LogP contribution is 2.19. The van der Waals surface area contributed by atoms with Crippen LogP contribution in [0.25, 0.3) is 0 Å². The van der Waals surface area contributed by atoms with Gasteiger partial charge in [-0.05, 0) is 31.3 Å². The van der Waals surface area contributed by atoms with E-state index in [9.17, 15) is 9.90 Å². The molecule has 0 bridgehead atoms. The van der Waals surface area contributed by atoms with E-state index in [0.717, 1.165) is 13.1 Å². The van der Waals surface area contributed by atoms with E-state index in [-0.39, 0.29) is 6.32 Å². The fourth-order valence-electron chi connectivity index (χ4n) is 2.65. The molecule has 0 aliphatic heterocycles. The van der Waals surface area contributed by atoms with Crippen molar-refractivity contribution in [1.82, 2.24) is 4.90 Å². The van der Waals surface area contributed by atoms with Crippen LogP contribution in [-0.2, 0) is 11.3 Å². The number of carboxylic acid groups (broad SMARTS) is 1. The molecule has 0 spiro atoms. The van der Waals surface area contributed by atoms with Crippen LogP contribution in [-0.4, -0.2) is 51.8 Å². The van der Waals surface area contributed by atoms with Gasteiger partial charge in [0.1, 0.15) is 5.54 Å². The van der Waals surface area contributed by atoms with Crippen molar-refractivity contribution in [1.29, 1.82) is 0 Å². The molecule has 0 saturated heterocycles. The van der Waals surface area contributed by atoms with Gasteiger partial charge in [-0.3, -0.25) is 9.69 Å². The van der Waals surface area contributed by atoms with Gasteiger partial charge in [0.15, 0.2) is 0 Å². The zero-order chi connectivity index (χ0) is 18.0. The third-order valence-corrected chi connectivity index (χ3v) is 4.33. The fraction of sp³-hybridized carbons (Fsp3) is 0.588. The average Bonchev–Trinajstić information content (AvgIpc) is 2.56. The van der Waals surface area contributed by atoms with Crippen molar-refractivity contribution in [3.05, 3.63) is 35.9 Å². The van der Waals surface area contributed by atoms with Crippen molar-refractivity contribution in [2.45, 2.75) is 51.0 Å². The predicted molar refractivity (Wildman–Crippen MR) is 95.4 cm³/mol. The number of benzene rings is 1. The molecule has 7 heteroatoms. The third-order valence-electron chi connectivity index (χ3n) is 4.33. The van der Waals surface area contributed by atoms with Crippen molar-refractivity contribution in [3.8, 4) is 0 Å². The Morgan fingerprint density at radius 3 is 2.42 bits per heavy atom. The highest BCUT2D eigenvalue weighted by Gasteiger charge is 2.33. The number of hydrogen-bond donors (Lipinski definition) is 4. The highest BCUT2D eigenvalue weighted by molar-refractivity contribution is 6.40. The number of rotatable bonds is 12. The Kier molecular flexibility index (Phi) is 8.99. The minimum absolute atomic E-state index is 0.241. The summed E-state index contributed by atoms with van der Waals surface area (Å²) in [5, 5.41) is 27.2. The molecule has 0 amide bonds. The molecule has 134 valence electrons. The Morgan fingerprint density at radius 1 is 1.21 bits per heavy atom. The molecule has 0 heterocycles. The summed E-state index contributed by atoms with van der Waals surface area (Å²) < 4.78 is 0. The molecule has 0 aromatic heterocycles. The lowest BCUT2D eigenvalue weighted by molar-refractivity contribution is -0.144. The molecule has 0 saturated carbocycles. The summed E-state index contributed by atoms with van der Waals surface area (Å²) in [5.41, 5.74) is 6.02. The summed E-state index contributed by atoms with van der Waals surface area (Å²) in [4.78, 5) is 13.7. The van der Waals surface area contributed by atoms with Gasteiger partial charge in [0.25, 0.3) is 0 Å². The number of carboxylic acids is 1. The Bertz CT molecular complexity index is 487. The summed E-state index contributed by atoms with van der Waals surface area (Å²) in [5.74, 6) is -0.997. The molecule has 0 aliphatic carbocycles. The molecule has 0 radical (unpaired) electrons. The monoisotopic (exact) mass is 336 g/mol. The van der Waals surface area contributed by atoms with Gasteiger partial charge >= 0.3 is 13.1 Å². The summed E-state index contributed by atoms with van der Waals surface area (Å²) in [7, 11) is -1.34. The second-order valence-electron chi connectivity index (χ2n) is 6.29. The third kappa shape index (κ3) is 7.44. The number of hydrogen-bond acceptors (Lipinski definition) is 5. The van der Waals surface area contributed by atoms with Crippen LogP contribution in [0.4, 0.5) is 0 Å². The standard InChI is InChI=1S/C17H29BN2O4/c1-2-20(14-15-8-4-3-5-9-15)13-11-17(19,16(21)22)10-6-7-12-18(23)24/h3-5,8-9,23-24H,2,6-7,10-14,19H2,1H3,(H,21,22)/t17-/m1/s1. The number of nitrogens with two attached hydrogens (primary N) is 1. The van der Waals surface area contributed by atoms with Crippen LogP contribution < -0.4 is 5.73 Å². The topological polar surface area (TPSA) is 107 Å². The lowest BCUT2D eigenvalue weighted by Crippen LogP contribution is -2.50. The Hall–Kier alpha value is -1.41. The first-order chi connectivity index (χ1) is 11.4. The molecule has 1 aromatic rings. The van der Waals surface area contributed by atoms with Crippen LogP contribution >= 0.6 is 0 Å². The van der Waals surface area contributed by atoms with E-state index in [1.807, 2.05) is 25.1 Å². The van der Waals surface area contributed by atoms with Gasteiger partial charge in [-0.15, -0.1) is 0 Å². The molecule has 0 aliphatic rings. The maximum Gasteiger partial charge on any atom is 0.451 e. The maximum atomic E-state index is 11.6. The number of aliphatic carboxylic acids is 1. The van der Waals surface area contributed by atoms with E-state index >= 15 is 0 Å². The first kappa shape index (κ1) is 20.6. The zero-order valence-corrected chi connectivity index (χ0v) is 14.4. The van der Waals surface area contributed by atoms with Crippen molar-refractivity contribution >= 4 is 13.1 Å². The average molecular weight is 336 g/mol. The molecule has 0 fully saturated rings. The van der Waals surface area contributed by atoms with Gasteiger partial charge < -0.3 is 20.9 Å². The molecular formula is C17H29BN2O4. The Balaban J connectivity index is 2.52. The van der Waals surface area contributed by atoms with Crippen LogP contribution in [0.2, 0.25) is 6.32 Å². The first-order valence-corrected chi connectivity index (χ1v) is 8.52. The van der Waals surface area contributed by atoms with E-state index in [2.05, 4.69) is 17.0 Å². The number of nitrogens with zero attached hydrogens (tertiary/aromatic N) is 1. The van der Waals surface area contributed by atoms with Crippen LogP contribution in [0.15, 0.2) is 30.3 Å². The van der Waals surface area contributed by atoms with E-state index in [1.165, 1.54) is 5.56 Å². The normalized spacial score (nSPS) is 13.7. The molecular weight excluding hydrogens is 307 g/mol. The van der Waals surface area contributed by atoms with Crippen LogP contribution in [0, 0.1) is 0 Å². The molecule has 5 N–H and O–H groups in total. The Morgan fingerprint density at radius 2 is 1.88 bits per heavy atom. The van der Waals surface area contributed by atoms with Crippen molar-refractivity contribution in [2.75, 3.05) is 13.1 Å². The van der Waals surface area contributed by atoms with Crippen molar-refractivity contribution in [3.63, 3.8) is 0 Å². The van der Waals surface area contributed by atoms with Gasteiger partial charge in [0.05, 0.1) is 0 Å². The quantitative estimate of drug-likeness (QED) is 0.339. The summed E-state index contributed by atoms with van der Waals surface area (Å²) in [6.07, 6.45) is 2.05. The zero-order valence-electron chi connectivity index (χ0n) is 14.4. The molecule has 24 heavy (non-hydrogen) atoms. The van der Waals surface area contributed by atoms with Gasteiger partial charge in [-0.2, -0.15) is 0 Å². The van der Waals surface area contributed by atoms with Crippen molar-refractivity contribution in [2.24, 2.45) is 5.73 Å². The van der Waals surface area contributed by atoms with Crippen LogP contribution in [0.5, 0.6) is 0 Å². The van der Waals surface area contributed by atoms with Crippen molar-refractivity contribution < 1.29 is 19.9 Å². The second kappa shape index (κ2) is 10.5. The Labute approximate surface area is 144 Å². The summed E-state index contributed by atoms with van der Waals surface area (Å²) in [6, 6.07) is 10.1. The van der Waals surface area contributed by atoms with E-state index in [4.69, 9.17) is 15.8 Å². The van der Waals surface area contributed by atoms with E-state index in [0.29, 0.717) is 32.2 Å². The van der Waals surface area contributed by atoms with Crippen LogP contribution in [0.1, 0.15) is 38.2 Å². The smallest absolute Gasteiger partial charge is 0.451 e. The largest absolute Gasteiger partial charge is 0.480 e. The highest BCUT2D eigenvalue weighted by atomic mass is 16.4. The second-order valence-corrected chi connectivity index (χ2v) is 6.29. The molecule has 1 atom stereocenters. The first-order valence-electron chi connectivity index (χ1n) is 8.52. The molecule has 6 nitrogen and oxygen atoms in total. The minimum atomic E-state index is -1.34. The van der Waals surface area contributed by atoms with Crippen LogP contribution in [0.3, 0.4) is 0 Å². The molecule has 1 rings (SSSR count). The molecule has 0 unspecified atom stereocenters. The van der Waals surface area contributed by atoms with Gasteiger partial charge in [0.2, 0.25) is 0 Å². The molecule has 1 aromatic carbocycles. The summed E-state index contributed by atoms with van der Waals surface area (Å²) >= 11 is 0. The maximum absolute atomic E-state index is 11.6.